The van der Waals surface area contributed by atoms with Gasteiger partial charge in [-0.15, -0.1) is 0 Å². The highest BCUT2D eigenvalue weighted by atomic mass is 19.1. The summed E-state index contributed by atoms with van der Waals surface area (Å²) in [5, 5.41) is 0.902. The normalized spacial score (nSPS) is 10.9. The largest absolute Gasteiger partial charge is 0.383 e. The number of anilines is 1. The van der Waals surface area contributed by atoms with Gasteiger partial charge in [-0.05, 0) is 36.2 Å². The maximum atomic E-state index is 14.2. The van der Waals surface area contributed by atoms with Crippen molar-refractivity contribution in [2.24, 2.45) is 0 Å². The number of halogens is 1. The quantitative estimate of drug-likeness (QED) is 0.772. The van der Waals surface area contributed by atoms with Crippen molar-refractivity contribution in [3.8, 4) is 11.1 Å². The molecule has 0 bridgehead atoms. The van der Waals surface area contributed by atoms with Gasteiger partial charge in [0.2, 0.25) is 0 Å². The molecular formula is C16H14FN3. The first kappa shape index (κ1) is 12.5. The van der Waals surface area contributed by atoms with Gasteiger partial charge in [0.1, 0.15) is 11.6 Å². The summed E-state index contributed by atoms with van der Waals surface area (Å²) in [5.74, 6) is 0.190. The number of rotatable bonds is 2. The van der Waals surface area contributed by atoms with Crippen LogP contribution in [0, 0.1) is 5.82 Å². The van der Waals surface area contributed by atoms with E-state index in [4.69, 9.17) is 5.73 Å². The van der Waals surface area contributed by atoms with Crippen LogP contribution >= 0.6 is 0 Å². The maximum absolute atomic E-state index is 14.2. The summed E-state index contributed by atoms with van der Waals surface area (Å²) in [6.45, 7) is 1.99. The SMILES string of the molecule is CCc1cc(-c2c(F)ccc3cccnc23)cnc1N. The van der Waals surface area contributed by atoms with E-state index in [9.17, 15) is 4.39 Å². The van der Waals surface area contributed by atoms with Gasteiger partial charge >= 0.3 is 0 Å². The molecule has 0 spiro atoms. The van der Waals surface area contributed by atoms with Gasteiger partial charge in [-0.1, -0.05) is 13.0 Å². The third-order valence-electron chi connectivity index (χ3n) is 3.39. The molecule has 2 aromatic heterocycles. The van der Waals surface area contributed by atoms with E-state index in [-0.39, 0.29) is 5.82 Å². The lowest BCUT2D eigenvalue weighted by Crippen LogP contribution is -1.98. The third kappa shape index (κ3) is 1.99. The van der Waals surface area contributed by atoms with Crippen LogP contribution in [0.2, 0.25) is 0 Å². The molecule has 0 amide bonds. The molecule has 2 N–H and O–H groups in total. The van der Waals surface area contributed by atoms with E-state index in [2.05, 4.69) is 9.97 Å². The van der Waals surface area contributed by atoms with Crippen molar-refractivity contribution in [1.29, 1.82) is 0 Å². The Bertz CT molecular complexity index is 784. The molecule has 100 valence electrons. The minimum Gasteiger partial charge on any atom is -0.383 e. The van der Waals surface area contributed by atoms with E-state index in [1.165, 1.54) is 6.07 Å². The van der Waals surface area contributed by atoms with E-state index in [1.54, 1.807) is 18.5 Å². The number of aromatic nitrogens is 2. The zero-order chi connectivity index (χ0) is 14.1. The van der Waals surface area contributed by atoms with Crippen LogP contribution in [0.1, 0.15) is 12.5 Å². The molecule has 0 unspecified atom stereocenters. The fourth-order valence-corrected chi connectivity index (χ4v) is 2.34. The smallest absolute Gasteiger partial charge is 0.133 e. The minimum atomic E-state index is -0.301. The van der Waals surface area contributed by atoms with Crippen molar-refractivity contribution in [3.63, 3.8) is 0 Å². The molecule has 0 aliphatic rings. The highest BCUT2D eigenvalue weighted by molar-refractivity contribution is 5.93. The summed E-state index contributed by atoms with van der Waals surface area (Å²) in [6.07, 6.45) is 4.02. The van der Waals surface area contributed by atoms with Gasteiger partial charge in [0.15, 0.2) is 0 Å². The van der Waals surface area contributed by atoms with Crippen molar-refractivity contribution in [2.75, 3.05) is 5.73 Å². The van der Waals surface area contributed by atoms with Crippen LogP contribution < -0.4 is 5.73 Å². The third-order valence-corrected chi connectivity index (χ3v) is 3.39. The molecule has 0 saturated carbocycles. The first-order valence-electron chi connectivity index (χ1n) is 6.48. The Balaban J connectivity index is 2.31. The van der Waals surface area contributed by atoms with Crippen molar-refractivity contribution in [2.45, 2.75) is 13.3 Å². The number of hydrogen-bond donors (Lipinski definition) is 1. The van der Waals surface area contributed by atoms with Crippen LogP contribution in [0.3, 0.4) is 0 Å². The highest BCUT2D eigenvalue weighted by Crippen LogP contribution is 2.31. The summed E-state index contributed by atoms with van der Waals surface area (Å²) in [4.78, 5) is 8.45. The van der Waals surface area contributed by atoms with Crippen LogP contribution in [-0.2, 0) is 6.42 Å². The molecular weight excluding hydrogens is 253 g/mol. The van der Waals surface area contributed by atoms with Crippen LogP contribution in [-0.4, -0.2) is 9.97 Å². The van der Waals surface area contributed by atoms with E-state index in [0.717, 1.165) is 17.4 Å². The van der Waals surface area contributed by atoms with E-state index < -0.39 is 0 Å². The van der Waals surface area contributed by atoms with Gasteiger partial charge in [0.05, 0.1) is 5.52 Å². The minimum absolute atomic E-state index is 0.301. The van der Waals surface area contributed by atoms with E-state index in [1.807, 2.05) is 25.1 Å². The standard InChI is InChI=1S/C16H14FN3/c1-2-10-8-12(9-20-16(10)18)14-13(17)6-5-11-4-3-7-19-15(11)14/h3-9H,2H2,1H3,(H2,18,20). The number of fused-ring (bicyclic) bond motifs is 1. The molecule has 0 saturated heterocycles. The Morgan fingerprint density at radius 2 is 2.05 bits per heavy atom. The Morgan fingerprint density at radius 1 is 1.20 bits per heavy atom. The fraction of sp³-hybridized carbons (Fsp3) is 0.125. The summed E-state index contributed by atoms with van der Waals surface area (Å²) < 4.78 is 14.2. The van der Waals surface area contributed by atoms with Crippen molar-refractivity contribution in [1.82, 2.24) is 9.97 Å². The predicted molar refractivity (Wildman–Crippen MR) is 78.7 cm³/mol. The number of nitrogens with two attached hydrogens (primary N) is 1. The molecule has 20 heavy (non-hydrogen) atoms. The molecule has 0 aliphatic heterocycles. The summed E-state index contributed by atoms with van der Waals surface area (Å²) in [5.41, 5.74) is 8.54. The topological polar surface area (TPSA) is 51.8 Å². The first-order valence-corrected chi connectivity index (χ1v) is 6.48. The molecule has 0 aliphatic carbocycles. The monoisotopic (exact) mass is 267 g/mol. The zero-order valence-corrected chi connectivity index (χ0v) is 11.1. The summed E-state index contributed by atoms with van der Waals surface area (Å²) in [7, 11) is 0. The molecule has 1 aromatic carbocycles. The fourth-order valence-electron chi connectivity index (χ4n) is 2.34. The van der Waals surface area contributed by atoms with Gasteiger partial charge in [-0.3, -0.25) is 4.98 Å². The molecule has 0 atom stereocenters. The maximum Gasteiger partial charge on any atom is 0.133 e. The molecule has 4 heteroatoms. The lowest BCUT2D eigenvalue weighted by molar-refractivity contribution is 0.632. The van der Waals surface area contributed by atoms with Gasteiger partial charge in [-0.2, -0.15) is 0 Å². The Morgan fingerprint density at radius 3 is 2.85 bits per heavy atom. The number of nitrogens with zero attached hydrogens (tertiary/aromatic N) is 2. The molecule has 3 rings (SSSR count). The van der Waals surface area contributed by atoms with E-state index in [0.29, 0.717) is 22.5 Å². The van der Waals surface area contributed by atoms with Crippen LogP contribution in [0.15, 0.2) is 42.7 Å². The zero-order valence-electron chi connectivity index (χ0n) is 11.1. The van der Waals surface area contributed by atoms with Gasteiger partial charge < -0.3 is 5.73 Å². The average molecular weight is 267 g/mol. The number of benzene rings is 1. The van der Waals surface area contributed by atoms with Crippen LogP contribution in [0.4, 0.5) is 10.2 Å². The molecule has 0 fully saturated rings. The second-order valence-electron chi connectivity index (χ2n) is 4.62. The number of pyridine rings is 2. The van der Waals surface area contributed by atoms with Crippen molar-refractivity contribution >= 4 is 16.7 Å². The summed E-state index contributed by atoms with van der Waals surface area (Å²) in [6, 6.07) is 8.82. The first-order chi connectivity index (χ1) is 9.70. The van der Waals surface area contributed by atoms with Crippen molar-refractivity contribution < 1.29 is 4.39 Å². The summed E-state index contributed by atoms with van der Waals surface area (Å²) >= 11 is 0. The van der Waals surface area contributed by atoms with Crippen LogP contribution in [0.25, 0.3) is 22.0 Å². The number of nitrogen functional groups attached to an aromatic ring is 1. The Hall–Kier alpha value is -2.49. The number of hydrogen-bond acceptors (Lipinski definition) is 3. The Labute approximate surface area is 116 Å². The van der Waals surface area contributed by atoms with Crippen LogP contribution in [0.5, 0.6) is 0 Å². The van der Waals surface area contributed by atoms with Gasteiger partial charge in [0, 0.05) is 28.9 Å². The second-order valence-corrected chi connectivity index (χ2v) is 4.62. The lowest BCUT2D eigenvalue weighted by atomic mass is 10.0. The number of aryl methyl sites for hydroxylation is 1. The molecule has 0 radical (unpaired) electrons. The van der Waals surface area contributed by atoms with Gasteiger partial charge in [-0.25, -0.2) is 9.37 Å². The Kier molecular flexibility index (Phi) is 3.06. The molecule has 2 heterocycles. The van der Waals surface area contributed by atoms with Crippen molar-refractivity contribution in [3.05, 3.63) is 54.1 Å². The molecule has 3 nitrogen and oxygen atoms in total. The second kappa shape index (κ2) is 4.89. The van der Waals surface area contributed by atoms with E-state index >= 15 is 0 Å². The predicted octanol–water partition coefficient (Wildman–Crippen LogP) is 3.58. The molecule has 3 aromatic rings. The van der Waals surface area contributed by atoms with Gasteiger partial charge in [0.25, 0.3) is 0 Å². The highest BCUT2D eigenvalue weighted by Gasteiger charge is 2.12. The lowest BCUT2D eigenvalue weighted by Gasteiger charge is -2.09. The average Bonchev–Trinajstić information content (AvgIpc) is 2.48.